The van der Waals surface area contributed by atoms with Crippen molar-refractivity contribution in [2.24, 2.45) is 0 Å². The van der Waals surface area contributed by atoms with Gasteiger partial charge in [0.15, 0.2) is 18.1 Å². The largest absolute Gasteiger partial charge is 0.497 e. The number of para-hydroxylation sites is 2. The van der Waals surface area contributed by atoms with Gasteiger partial charge in [0.1, 0.15) is 11.5 Å². The van der Waals surface area contributed by atoms with E-state index in [1.807, 2.05) is 25.1 Å². The van der Waals surface area contributed by atoms with Crippen LogP contribution in [-0.2, 0) is 4.79 Å². The maximum absolute atomic E-state index is 12.7. The number of carbonyl (C=O) groups excluding carboxylic acids is 2. The molecule has 8 nitrogen and oxygen atoms in total. The maximum atomic E-state index is 12.7. The lowest BCUT2D eigenvalue weighted by Crippen LogP contribution is -2.47. The van der Waals surface area contributed by atoms with E-state index in [1.165, 1.54) is 0 Å². The first kappa shape index (κ1) is 23.2. The molecule has 1 N–H and O–H groups in total. The topological polar surface area (TPSA) is 86.3 Å². The summed E-state index contributed by atoms with van der Waals surface area (Å²) >= 11 is 0. The molecule has 32 heavy (non-hydrogen) atoms. The van der Waals surface area contributed by atoms with Gasteiger partial charge in [0, 0.05) is 30.8 Å². The van der Waals surface area contributed by atoms with Gasteiger partial charge in [0.05, 0.1) is 20.8 Å². The number of rotatable bonds is 9. The number of likely N-dealkylation sites (tertiary alicyclic amines) is 1. The molecule has 0 saturated carbocycles. The van der Waals surface area contributed by atoms with E-state index < -0.39 is 0 Å². The fraction of sp³-hybridized carbons (Fsp3) is 0.417. The molecule has 2 amide bonds. The van der Waals surface area contributed by atoms with Crippen molar-refractivity contribution >= 4 is 11.8 Å². The van der Waals surface area contributed by atoms with E-state index in [9.17, 15) is 9.59 Å². The fourth-order valence-electron chi connectivity index (χ4n) is 3.56. The highest BCUT2D eigenvalue weighted by Gasteiger charge is 2.25. The molecule has 0 radical (unpaired) electrons. The molecule has 1 fully saturated rings. The van der Waals surface area contributed by atoms with Crippen molar-refractivity contribution in [3.05, 3.63) is 48.0 Å². The third-order valence-corrected chi connectivity index (χ3v) is 5.30. The molecule has 3 rings (SSSR count). The second kappa shape index (κ2) is 11.3. The zero-order valence-corrected chi connectivity index (χ0v) is 18.8. The molecule has 0 aliphatic carbocycles. The summed E-state index contributed by atoms with van der Waals surface area (Å²) in [4.78, 5) is 27.0. The van der Waals surface area contributed by atoms with Crippen LogP contribution in [0.1, 0.15) is 30.1 Å². The van der Waals surface area contributed by atoms with Crippen LogP contribution in [0.25, 0.3) is 0 Å². The Labute approximate surface area is 188 Å². The summed E-state index contributed by atoms with van der Waals surface area (Å²) in [5.41, 5.74) is 0.473. The number of hydrogen-bond acceptors (Lipinski definition) is 6. The maximum Gasteiger partial charge on any atom is 0.260 e. The van der Waals surface area contributed by atoms with Gasteiger partial charge in [-0.1, -0.05) is 12.1 Å². The van der Waals surface area contributed by atoms with Crippen LogP contribution in [0.3, 0.4) is 0 Å². The Kier molecular flexibility index (Phi) is 8.19. The number of benzene rings is 2. The van der Waals surface area contributed by atoms with Crippen molar-refractivity contribution in [1.82, 2.24) is 10.2 Å². The van der Waals surface area contributed by atoms with Crippen LogP contribution >= 0.6 is 0 Å². The standard InChI is InChI=1S/C24H30N2O6/c1-4-31-21-7-5-6-8-22(21)32-16-23(27)26-11-9-18(10-12-26)25-24(28)17-13-19(29-2)15-20(14-17)30-3/h5-8,13-15,18H,4,9-12,16H2,1-3H3,(H,25,28). The second-order valence-electron chi connectivity index (χ2n) is 7.40. The van der Waals surface area contributed by atoms with Crippen LogP contribution < -0.4 is 24.3 Å². The lowest BCUT2D eigenvalue weighted by atomic mass is 10.0. The Bertz CT molecular complexity index is 902. The molecule has 0 aromatic heterocycles. The fourth-order valence-corrected chi connectivity index (χ4v) is 3.56. The van der Waals surface area contributed by atoms with Crippen LogP contribution in [0, 0.1) is 0 Å². The molecule has 1 heterocycles. The van der Waals surface area contributed by atoms with Gasteiger partial charge in [-0.25, -0.2) is 0 Å². The summed E-state index contributed by atoms with van der Waals surface area (Å²) in [6.07, 6.45) is 1.35. The number of ether oxygens (including phenoxy) is 4. The SMILES string of the molecule is CCOc1ccccc1OCC(=O)N1CCC(NC(=O)c2cc(OC)cc(OC)c2)CC1. The normalized spacial score (nSPS) is 13.9. The van der Waals surface area contributed by atoms with Crippen molar-refractivity contribution in [2.75, 3.05) is 40.5 Å². The molecular weight excluding hydrogens is 412 g/mol. The van der Waals surface area contributed by atoms with Gasteiger partial charge in [0.2, 0.25) is 0 Å². The van der Waals surface area contributed by atoms with Crippen molar-refractivity contribution in [3.63, 3.8) is 0 Å². The van der Waals surface area contributed by atoms with Gasteiger partial charge in [0.25, 0.3) is 11.8 Å². The molecule has 1 aliphatic heterocycles. The van der Waals surface area contributed by atoms with E-state index in [0.29, 0.717) is 61.1 Å². The smallest absolute Gasteiger partial charge is 0.260 e. The van der Waals surface area contributed by atoms with E-state index >= 15 is 0 Å². The first-order chi connectivity index (χ1) is 15.5. The Morgan fingerprint density at radius 1 is 0.969 bits per heavy atom. The zero-order valence-electron chi connectivity index (χ0n) is 18.8. The first-order valence-corrected chi connectivity index (χ1v) is 10.7. The van der Waals surface area contributed by atoms with Crippen molar-refractivity contribution < 1.29 is 28.5 Å². The average Bonchev–Trinajstić information content (AvgIpc) is 2.83. The van der Waals surface area contributed by atoms with Gasteiger partial charge >= 0.3 is 0 Å². The summed E-state index contributed by atoms with van der Waals surface area (Å²) in [5.74, 6) is 2.01. The Balaban J connectivity index is 1.49. The lowest BCUT2D eigenvalue weighted by molar-refractivity contribution is -0.134. The van der Waals surface area contributed by atoms with Crippen molar-refractivity contribution in [2.45, 2.75) is 25.8 Å². The molecule has 0 unspecified atom stereocenters. The highest BCUT2D eigenvalue weighted by Crippen LogP contribution is 2.26. The van der Waals surface area contributed by atoms with Crippen LogP contribution in [0.4, 0.5) is 0 Å². The number of nitrogens with one attached hydrogen (secondary N) is 1. The molecule has 1 saturated heterocycles. The van der Waals surface area contributed by atoms with Gasteiger partial charge in [-0.05, 0) is 44.0 Å². The van der Waals surface area contributed by atoms with Crippen molar-refractivity contribution in [1.29, 1.82) is 0 Å². The van der Waals surface area contributed by atoms with E-state index in [2.05, 4.69) is 5.32 Å². The minimum atomic E-state index is -0.192. The molecule has 0 atom stereocenters. The van der Waals surface area contributed by atoms with E-state index in [-0.39, 0.29) is 24.5 Å². The molecular formula is C24H30N2O6. The minimum absolute atomic E-state index is 0.0108. The molecule has 8 heteroatoms. The Hall–Kier alpha value is -3.42. The molecule has 2 aromatic carbocycles. The predicted octanol–water partition coefficient (Wildman–Crippen LogP) is 2.90. The summed E-state index contributed by atoms with van der Waals surface area (Å²) in [6.45, 7) is 3.49. The monoisotopic (exact) mass is 442 g/mol. The summed E-state index contributed by atoms with van der Waals surface area (Å²) < 4.78 is 21.7. The third-order valence-electron chi connectivity index (χ3n) is 5.30. The quantitative estimate of drug-likeness (QED) is 0.643. The van der Waals surface area contributed by atoms with Gasteiger partial charge < -0.3 is 29.2 Å². The highest BCUT2D eigenvalue weighted by atomic mass is 16.5. The van der Waals surface area contributed by atoms with Gasteiger partial charge in [-0.2, -0.15) is 0 Å². The number of hydrogen-bond donors (Lipinski definition) is 1. The predicted molar refractivity (Wildman–Crippen MR) is 120 cm³/mol. The minimum Gasteiger partial charge on any atom is -0.497 e. The first-order valence-electron chi connectivity index (χ1n) is 10.7. The zero-order chi connectivity index (χ0) is 22.9. The average molecular weight is 443 g/mol. The Morgan fingerprint density at radius 2 is 1.56 bits per heavy atom. The summed E-state index contributed by atoms with van der Waals surface area (Å²) in [7, 11) is 3.09. The Morgan fingerprint density at radius 3 is 2.12 bits per heavy atom. The van der Waals surface area contributed by atoms with E-state index in [1.54, 1.807) is 43.4 Å². The number of piperidine rings is 1. The van der Waals surface area contributed by atoms with Crippen LogP contribution in [-0.4, -0.2) is 63.3 Å². The number of nitrogens with zero attached hydrogens (tertiary/aromatic N) is 1. The van der Waals surface area contributed by atoms with Crippen LogP contribution in [0.5, 0.6) is 23.0 Å². The van der Waals surface area contributed by atoms with Crippen LogP contribution in [0.2, 0.25) is 0 Å². The molecule has 0 bridgehead atoms. The number of amides is 2. The van der Waals surface area contributed by atoms with Gasteiger partial charge in [-0.15, -0.1) is 0 Å². The van der Waals surface area contributed by atoms with E-state index in [0.717, 1.165) is 0 Å². The molecule has 172 valence electrons. The highest BCUT2D eigenvalue weighted by molar-refractivity contribution is 5.95. The summed E-state index contributed by atoms with van der Waals surface area (Å²) in [5, 5.41) is 3.04. The third kappa shape index (κ3) is 6.06. The summed E-state index contributed by atoms with van der Waals surface area (Å²) in [6, 6.07) is 12.4. The number of methoxy groups -OCH3 is 2. The van der Waals surface area contributed by atoms with E-state index in [4.69, 9.17) is 18.9 Å². The molecule has 2 aromatic rings. The second-order valence-corrected chi connectivity index (χ2v) is 7.40. The van der Waals surface area contributed by atoms with Crippen LogP contribution in [0.15, 0.2) is 42.5 Å². The van der Waals surface area contributed by atoms with Crippen molar-refractivity contribution in [3.8, 4) is 23.0 Å². The molecule has 1 aliphatic rings. The number of carbonyl (C=O) groups is 2. The van der Waals surface area contributed by atoms with Gasteiger partial charge in [-0.3, -0.25) is 9.59 Å². The lowest BCUT2D eigenvalue weighted by Gasteiger charge is -2.32. The molecule has 0 spiro atoms.